The van der Waals surface area contributed by atoms with Gasteiger partial charge in [-0.2, -0.15) is 10.5 Å². The van der Waals surface area contributed by atoms with Crippen LogP contribution in [0.4, 0.5) is 11.5 Å². The molecule has 32 heavy (non-hydrogen) atoms. The van der Waals surface area contributed by atoms with E-state index in [2.05, 4.69) is 10.3 Å². The Morgan fingerprint density at radius 2 is 2.00 bits per heavy atom. The molecule has 0 aliphatic rings. The second-order valence-electron chi connectivity index (χ2n) is 6.38. The third-order valence-electron chi connectivity index (χ3n) is 4.31. The van der Waals surface area contributed by atoms with Gasteiger partial charge in [-0.25, -0.2) is 9.78 Å². The largest absolute Gasteiger partial charge is 0.478 e. The van der Waals surface area contributed by atoms with Gasteiger partial charge in [-0.3, -0.25) is 4.79 Å². The van der Waals surface area contributed by atoms with Gasteiger partial charge >= 0.3 is 5.97 Å². The molecule has 1 atom stereocenters. The predicted molar refractivity (Wildman–Crippen MR) is 118 cm³/mol. The molecule has 0 fully saturated rings. The summed E-state index contributed by atoms with van der Waals surface area (Å²) in [5.41, 5.74) is 6.26. The lowest BCUT2D eigenvalue weighted by atomic mass is 10.0. The van der Waals surface area contributed by atoms with Crippen molar-refractivity contribution >= 4 is 46.7 Å². The number of nitrogens with two attached hydrogens (primary N) is 1. The van der Waals surface area contributed by atoms with Gasteiger partial charge in [-0.1, -0.05) is 23.4 Å². The zero-order chi connectivity index (χ0) is 23.4. The van der Waals surface area contributed by atoms with Crippen molar-refractivity contribution in [3.63, 3.8) is 0 Å². The number of rotatable bonds is 6. The van der Waals surface area contributed by atoms with E-state index >= 15 is 0 Å². The number of hydrogen-bond acceptors (Lipinski definition) is 8. The van der Waals surface area contributed by atoms with Crippen LogP contribution in [0.2, 0.25) is 5.02 Å². The lowest BCUT2D eigenvalue weighted by Gasteiger charge is -2.15. The van der Waals surface area contributed by atoms with Gasteiger partial charge in [-0.15, -0.1) is 0 Å². The molecule has 11 heteroatoms. The first-order valence-corrected chi connectivity index (χ1v) is 10.2. The third-order valence-corrected chi connectivity index (χ3v) is 5.73. The first kappa shape index (κ1) is 22.7. The van der Waals surface area contributed by atoms with E-state index in [0.29, 0.717) is 0 Å². The SMILES string of the molecule is CC(Sc1nc(N)c(C#N)c(-c2ccco2)c1C#N)C(=O)Nc1cc(C(=O)O)ccc1Cl. The molecular weight excluding hydrogens is 454 g/mol. The first-order valence-electron chi connectivity index (χ1n) is 8.94. The number of benzene rings is 1. The zero-order valence-corrected chi connectivity index (χ0v) is 18.0. The Hall–Kier alpha value is -3.99. The average molecular weight is 468 g/mol. The van der Waals surface area contributed by atoms with Crippen LogP contribution in [0.25, 0.3) is 11.3 Å². The van der Waals surface area contributed by atoms with E-state index in [1.54, 1.807) is 19.1 Å². The Morgan fingerprint density at radius 1 is 1.28 bits per heavy atom. The molecule has 2 aromatic heterocycles. The van der Waals surface area contributed by atoms with E-state index in [0.717, 1.165) is 11.8 Å². The van der Waals surface area contributed by atoms with E-state index in [1.165, 1.54) is 24.5 Å². The molecule has 0 radical (unpaired) electrons. The summed E-state index contributed by atoms with van der Waals surface area (Å²) in [5, 5.41) is 30.5. The van der Waals surface area contributed by atoms with Crippen LogP contribution in [0.1, 0.15) is 28.4 Å². The quantitative estimate of drug-likeness (QED) is 0.451. The number of carboxylic acids is 1. The number of nitriles is 2. The maximum atomic E-state index is 12.7. The standard InChI is InChI=1S/C21H14ClN5O4S/c1-10(19(28)26-15-7-11(21(29)30)4-5-14(15)22)32-20-13(9-24)17(16-3-2-6-31-16)12(8-23)18(25)27-20/h2-7,10H,1H3,(H2,25,27)(H,26,28)(H,29,30). The van der Waals surface area contributed by atoms with Crippen molar-refractivity contribution in [2.24, 2.45) is 0 Å². The van der Waals surface area contributed by atoms with Gasteiger partial charge in [-0.05, 0) is 37.3 Å². The number of aromatic nitrogens is 1. The highest BCUT2D eigenvalue weighted by molar-refractivity contribution is 8.00. The number of amides is 1. The maximum Gasteiger partial charge on any atom is 0.335 e. The number of carbonyl (C=O) groups is 2. The molecule has 160 valence electrons. The van der Waals surface area contributed by atoms with Crippen LogP contribution in [0.3, 0.4) is 0 Å². The van der Waals surface area contributed by atoms with Gasteiger partial charge in [0.05, 0.1) is 38.9 Å². The highest BCUT2D eigenvalue weighted by Crippen LogP contribution is 2.37. The fraction of sp³-hybridized carbons (Fsp3) is 0.0952. The number of carbonyl (C=O) groups excluding carboxylic acids is 1. The summed E-state index contributed by atoms with van der Waals surface area (Å²) < 4.78 is 5.35. The van der Waals surface area contributed by atoms with E-state index in [1.807, 2.05) is 12.1 Å². The highest BCUT2D eigenvalue weighted by atomic mass is 35.5. The Kier molecular flexibility index (Phi) is 6.69. The molecule has 4 N–H and O–H groups in total. The monoisotopic (exact) mass is 467 g/mol. The number of pyridine rings is 1. The minimum atomic E-state index is -1.17. The third kappa shape index (κ3) is 4.52. The second kappa shape index (κ2) is 9.43. The van der Waals surface area contributed by atoms with Crippen molar-refractivity contribution in [2.75, 3.05) is 11.1 Å². The zero-order valence-electron chi connectivity index (χ0n) is 16.4. The van der Waals surface area contributed by atoms with Crippen molar-refractivity contribution in [3.8, 4) is 23.5 Å². The van der Waals surface area contributed by atoms with E-state index < -0.39 is 17.1 Å². The topological polar surface area (TPSA) is 166 Å². The molecule has 2 heterocycles. The van der Waals surface area contributed by atoms with Gasteiger partial charge in [0.1, 0.15) is 34.3 Å². The Balaban J connectivity index is 1.93. The van der Waals surface area contributed by atoms with Crippen molar-refractivity contribution in [1.82, 2.24) is 4.98 Å². The first-order chi connectivity index (χ1) is 15.3. The van der Waals surface area contributed by atoms with Crippen LogP contribution < -0.4 is 11.1 Å². The number of nitrogen functional groups attached to an aromatic ring is 1. The normalized spacial score (nSPS) is 11.2. The second-order valence-corrected chi connectivity index (χ2v) is 8.11. The maximum absolute atomic E-state index is 12.7. The molecule has 1 amide bonds. The molecule has 0 aliphatic carbocycles. The summed E-state index contributed by atoms with van der Waals surface area (Å²) in [4.78, 5) is 28.0. The van der Waals surface area contributed by atoms with Crippen molar-refractivity contribution in [2.45, 2.75) is 17.2 Å². The smallest absolute Gasteiger partial charge is 0.335 e. The summed E-state index contributed by atoms with van der Waals surface area (Å²) in [5.74, 6) is -1.51. The van der Waals surface area contributed by atoms with Gasteiger partial charge < -0.3 is 20.6 Å². The molecular formula is C21H14ClN5O4S. The summed E-state index contributed by atoms with van der Waals surface area (Å²) in [6.07, 6.45) is 1.39. The highest BCUT2D eigenvalue weighted by Gasteiger charge is 2.25. The summed E-state index contributed by atoms with van der Waals surface area (Å²) in [6, 6.07) is 11.1. The van der Waals surface area contributed by atoms with Crippen LogP contribution in [0, 0.1) is 22.7 Å². The minimum Gasteiger partial charge on any atom is -0.478 e. The van der Waals surface area contributed by atoms with E-state index in [-0.39, 0.29) is 49.6 Å². The number of halogens is 1. The van der Waals surface area contributed by atoms with Crippen molar-refractivity contribution in [3.05, 3.63) is 58.3 Å². The van der Waals surface area contributed by atoms with Gasteiger partial charge in [0.25, 0.3) is 0 Å². The van der Waals surface area contributed by atoms with Gasteiger partial charge in [0.2, 0.25) is 5.91 Å². The number of hydrogen-bond donors (Lipinski definition) is 3. The lowest BCUT2D eigenvalue weighted by Crippen LogP contribution is -2.23. The molecule has 1 aromatic carbocycles. The van der Waals surface area contributed by atoms with Gasteiger partial charge in [0, 0.05) is 0 Å². The van der Waals surface area contributed by atoms with Crippen molar-refractivity contribution in [1.29, 1.82) is 10.5 Å². The Bertz CT molecular complexity index is 1290. The van der Waals surface area contributed by atoms with Crippen LogP contribution >= 0.6 is 23.4 Å². The number of thioether (sulfide) groups is 1. The van der Waals surface area contributed by atoms with Crippen LogP contribution in [0.15, 0.2) is 46.0 Å². The summed E-state index contributed by atoms with van der Waals surface area (Å²) in [7, 11) is 0. The molecule has 9 nitrogen and oxygen atoms in total. The average Bonchev–Trinajstić information content (AvgIpc) is 3.29. The Morgan fingerprint density at radius 3 is 2.59 bits per heavy atom. The fourth-order valence-electron chi connectivity index (χ4n) is 2.76. The molecule has 0 bridgehead atoms. The van der Waals surface area contributed by atoms with E-state index in [4.69, 9.17) is 26.9 Å². The minimum absolute atomic E-state index is 0.00442. The lowest BCUT2D eigenvalue weighted by molar-refractivity contribution is -0.115. The van der Waals surface area contributed by atoms with Crippen LogP contribution in [-0.2, 0) is 4.79 Å². The molecule has 0 saturated heterocycles. The van der Waals surface area contributed by atoms with Crippen LogP contribution in [-0.4, -0.2) is 27.2 Å². The molecule has 1 unspecified atom stereocenters. The number of anilines is 2. The van der Waals surface area contributed by atoms with E-state index in [9.17, 15) is 20.1 Å². The Labute approximate surface area is 191 Å². The number of nitrogens with one attached hydrogen (secondary N) is 1. The molecule has 0 spiro atoms. The van der Waals surface area contributed by atoms with Crippen molar-refractivity contribution < 1.29 is 19.1 Å². The predicted octanol–water partition coefficient (Wildman–Crippen LogP) is 4.14. The molecule has 0 saturated carbocycles. The molecule has 3 aromatic rings. The summed E-state index contributed by atoms with van der Waals surface area (Å²) in [6.45, 7) is 1.57. The number of furan rings is 1. The number of carboxylic acid groups (broad SMARTS) is 1. The summed E-state index contributed by atoms with van der Waals surface area (Å²) >= 11 is 7.01. The molecule has 0 aliphatic heterocycles. The number of nitrogens with zero attached hydrogens (tertiary/aromatic N) is 3. The fourth-order valence-corrected chi connectivity index (χ4v) is 3.84. The van der Waals surface area contributed by atoms with Gasteiger partial charge in [0.15, 0.2) is 0 Å². The number of aromatic carboxylic acids is 1. The van der Waals surface area contributed by atoms with Crippen LogP contribution in [0.5, 0.6) is 0 Å². The molecule has 3 rings (SSSR count).